The molecule has 3 nitrogen and oxygen atoms in total. The molecule has 0 aromatic heterocycles. The lowest BCUT2D eigenvalue weighted by Gasteiger charge is -2.26. The highest BCUT2D eigenvalue weighted by Gasteiger charge is 2.20. The van der Waals surface area contributed by atoms with E-state index in [4.69, 9.17) is 11.6 Å². The fourth-order valence-electron chi connectivity index (χ4n) is 1.54. The van der Waals surface area contributed by atoms with E-state index < -0.39 is 0 Å². The predicted octanol–water partition coefficient (Wildman–Crippen LogP) is 2.65. The molecule has 2 N–H and O–H groups in total. The first-order valence-corrected chi connectivity index (χ1v) is 6.28. The topological polar surface area (TPSA) is 41.1 Å². The molecule has 0 aliphatic carbocycles. The summed E-state index contributed by atoms with van der Waals surface area (Å²) in [5.41, 5.74) is 0.772. The minimum Gasteiger partial charge on any atom is -0.326 e. The van der Waals surface area contributed by atoms with Crippen molar-refractivity contribution in [3.8, 4) is 0 Å². The highest BCUT2D eigenvalue weighted by Crippen LogP contribution is 2.25. The van der Waals surface area contributed by atoms with E-state index in [2.05, 4.69) is 26.6 Å². The number of anilines is 1. The molecule has 0 radical (unpaired) electrons. The lowest BCUT2D eigenvalue weighted by Crippen LogP contribution is -2.43. The van der Waals surface area contributed by atoms with Crippen LogP contribution in [0.5, 0.6) is 0 Å². The molecule has 1 aromatic rings. The molecule has 0 spiro atoms. The van der Waals surface area contributed by atoms with Crippen molar-refractivity contribution in [1.82, 2.24) is 5.32 Å². The number of halogens is 2. The Morgan fingerprint density at radius 3 is 2.88 bits per heavy atom. The second kappa shape index (κ2) is 5.17. The van der Waals surface area contributed by atoms with Gasteiger partial charge in [-0.25, -0.2) is 0 Å². The number of amides is 1. The van der Waals surface area contributed by atoms with Gasteiger partial charge in [-0.15, -0.1) is 0 Å². The van der Waals surface area contributed by atoms with Crippen LogP contribution in [0.15, 0.2) is 22.7 Å². The van der Waals surface area contributed by atoms with Crippen LogP contribution in [-0.4, -0.2) is 19.0 Å². The van der Waals surface area contributed by atoms with Crippen molar-refractivity contribution in [3.63, 3.8) is 0 Å². The molecule has 1 heterocycles. The molecule has 5 heteroatoms. The third-order valence-electron chi connectivity index (χ3n) is 2.54. The van der Waals surface area contributed by atoms with Crippen LogP contribution in [0.25, 0.3) is 0 Å². The quantitative estimate of drug-likeness (QED) is 0.901. The lowest BCUT2D eigenvalue weighted by atomic mass is 9.99. The average molecular weight is 304 g/mol. The molecule has 1 aromatic carbocycles. The van der Waals surface area contributed by atoms with E-state index in [-0.39, 0.29) is 5.91 Å². The largest absolute Gasteiger partial charge is 0.326 e. The van der Waals surface area contributed by atoms with E-state index in [0.29, 0.717) is 17.4 Å². The van der Waals surface area contributed by atoms with E-state index in [9.17, 15) is 4.79 Å². The maximum Gasteiger partial charge on any atom is 0.224 e. The van der Waals surface area contributed by atoms with Crippen molar-refractivity contribution < 1.29 is 4.79 Å². The summed E-state index contributed by atoms with van der Waals surface area (Å²) in [6.07, 6.45) is 0.577. The minimum absolute atomic E-state index is 0.0562. The van der Waals surface area contributed by atoms with Crippen LogP contribution >= 0.6 is 27.5 Å². The summed E-state index contributed by atoms with van der Waals surface area (Å²) >= 11 is 9.18. The van der Waals surface area contributed by atoms with Crippen molar-refractivity contribution in [3.05, 3.63) is 27.7 Å². The van der Waals surface area contributed by atoms with Gasteiger partial charge in [-0.1, -0.05) is 11.6 Å². The second-order valence-corrected chi connectivity index (χ2v) is 5.17. The summed E-state index contributed by atoms with van der Waals surface area (Å²) in [4.78, 5) is 11.6. The average Bonchev–Trinajstić information content (AvgIpc) is 2.18. The molecule has 1 aliphatic heterocycles. The Morgan fingerprint density at radius 2 is 2.31 bits per heavy atom. The molecular formula is C11H12BrClN2O. The van der Waals surface area contributed by atoms with Gasteiger partial charge in [-0.05, 0) is 53.1 Å². The standard InChI is InChI=1S/C11H12BrClN2O/c12-9-4-8(1-2-10(9)13)15-11(16)3-7-5-14-6-7/h1-2,4,7,14H,3,5-6H2,(H,15,16). The van der Waals surface area contributed by atoms with Crippen LogP contribution in [0.2, 0.25) is 5.02 Å². The predicted molar refractivity (Wildman–Crippen MR) is 68.8 cm³/mol. The number of benzene rings is 1. The van der Waals surface area contributed by atoms with Crippen LogP contribution in [0.1, 0.15) is 6.42 Å². The lowest BCUT2D eigenvalue weighted by molar-refractivity contribution is -0.117. The minimum atomic E-state index is 0.0562. The van der Waals surface area contributed by atoms with Crippen molar-refractivity contribution in [1.29, 1.82) is 0 Å². The summed E-state index contributed by atoms with van der Waals surface area (Å²) in [5.74, 6) is 0.538. The van der Waals surface area contributed by atoms with E-state index in [1.807, 2.05) is 0 Å². The Morgan fingerprint density at radius 1 is 1.56 bits per heavy atom. The van der Waals surface area contributed by atoms with Gasteiger partial charge >= 0.3 is 0 Å². The van der Waals surface area contributed by atoms with Crippen LogP contribution in [0.3, 0.4) is 0 Å². The Labute approximate surface area is 108 Å². The summed E-state index contributed by atoms with van der Waals surface area (Å²) < 4.78 is 0.789. The zero-order chi connectivity index (χ0) is 11.5. The third kappa shape index (κ3) is 2.97. The van der Waals surface area contributed by atoms with Gasteiger partial charge in [0.2, 0.25) is 5.91 Å². The number of rotatable bonds is 3. The van der Waals surface area contributed by atoms with Gasteiger partial charge in [0.25, 0.3) is 0 Å². The van der Waals surface area contributed by atoms with Crippen molar-refractivity contribution in [2.75, 3.05) is 18.4 Å². The van der Waals surface area contributed by atoms with Gasteiger partial charge in [0, 0.05) is 16.6 Å². The molecule has 0 atom stereocenters. The van der Waals surface area contributed by atoms with Crippen LogP contribution in [-0.2, 0) is 4.79 Å². The van der Waals surface area contributed by atoms with E-state index in [1.54, 1.807) is 18.2 Å². The highest BCUT2D eigenvalue weighted by molar-refractivity contribution is 9.10. The van der Waals surface area contributed by atoms with E-state index in [1.165, 1.54) is 0 Å². The second-order valence-electron chi connectivity index (χ2n) is 3.91. The van der Waals surface area contributed by atoms with E-state index in [0.717, 1.165) is 23.2 Å². The molecule has 86 valence electrons. The number of carbonyl (C=O) groups excluding carboxylic acids is 1. The molecule has 0 unspecified atom stereocenters. The molecule has 1 amide bonds. The number of nitrogens with one attached hydrogen (secondary N) is 2. The molecule has 1 aliphatic rings. The summed E-state index contributed by atoms with van der Waals surface area (Å²) in [5, 5.41) is 6.64. The fraction of sp³-hybridized carbons (Fsp3) is 0.364. The number of carbonyl (C=O) groups is 1. The maximum atomic E-state index is 11.6. The zero-order valence-electron chi connectivity index (χ0n) is 8.59. The van der Waals surface area contributed by atoms with Crippen LogP contribution in [0.4, 0.5) is 5.69 Å². The van der Waals surface area contributed by atoms with Gasteiger partial charge < -0.3 is 10.6 Å². The molecule has 1 saturated heterocycles. The Kier molecular flexibility index (Phi) is 3.84. The molecular weight excluding hydrogens is 291 g/mol. The smallest absolute Gasteiger partial charge is 0.224 e. The summed E-state index contributed by atoms with van der Waals surface area (Å²) in [6, 6.07) is 5.36. The van der Waals surface area contributed by atoms with Gasteiger partial charge in [0.1, 0.15) is 0 Å². The van der Waals surface area contributed by atoms with Crippen LogP contribution < -0.4 is 10.6 Å². The first-order valence-electron chi connectivity index (χ1n) is 5.11. The van der Waals surface area contributed by atoms with E-state index >= 15 is 0 Å². The summed E-state index contributed by atoms with van der Waals surface area (Å²) in [6.45, 7) is 1.88. The van der Waals surface area contributed by atoms with Crippen molar-refractivity contribution >= 4 is 39.1 Å². The molecule has 2 rings (SSSR count). The summed E-state index contributed by atoms with van der Waals surface area (Å²) in [7, 11) is 0. The first kappa shape index (κ1) is 11.9. The Hall–Kier alpha value is -0.580. The Balaban J connectivity index is 1.92. The molecule has 16 heavy (non-hydrogen) atoms. The first-order chi connectivity index (χ1) is 7.65. The third-order valence-corrected chi connectivity index (χ3v) is 3.76. The van der Waals surface area contributed by atoms with Gasteiger partial charge in [0.15, 0.2) is 0 Å². The van der Waals surface area contributed by atoms with Crippen LogP contribution in [0, 0.1) is 5.92 Å². The normalized spacial score (nSPS) is 15.6. The monoisotopic (exact) mass is 302 g/mol. The van der Waals surface area contributed by atoms with Gasteiger partial charge in [0.05, 0.1) is 5.02 Å². The van der Waals surface area contributed by atoms with Gasteiger partial charge in [-0.2, -0.15) is 0 Å². The highest BCUT2D eigenvalue weighted by atomic mass is 79.9. The Bertz CT molecular complexity index is 407. The number of hydrogen-bond donors (Lipinski definition) is 2. The maximum absolute atomic E-state index is 11.6. The SMILES string of the molecule is O=C(CC1CNC1)Nc1ccc(Cl)c(Br)c1. The molecule has 0 bridgehead atoms. The number of hydrogen-bond acceptors (Lipinski definition) is 2. The zero-order valence-corrected chi connectivity index (χ0v) is 10.9. The van der Waals surface area contributed by atoms with Crippen molar-refractivity contribution in [2.45, 2.75) is 6.42 Å². The van der Waals surface area contributed by atoms with Gasteiger partial charge in [-0.3, -0.25) is 4.79 Å². The fourth-order valence-corrected chi connectivity index (χ4v) is 2.04. The molecule has 1 fully saturated rings. The molecule has 0 saturated carbocycles. The van der Waals surface area contributed by atoms with Crippen molar-refractivity contribution in [2.24, 2.45) is 5.92 Å².